The lowest BCUT2D eigenvalue weighted by molar-refractivity contribution is -0.0205. The molecule has 4 nitrogen and oxygen atoms in total. The number of fused-ring (bicyclic) bond motifs is 1. The number of aromatic amines is 1. The van der Waals surface area contributed by atoms with E-state index in [-0.39, 0.29) is 17.4 Å². The van der Waals surface area contributed by atoms with Crippen LogP contribution in [0.1, 0.15) is 76.3 Å². The Morgan fingerprint density at radius 1 is 1.12 bits per heavy atom. The van der Waals surface area contributed by atoms with Crippen LogP contribution in [0.5, 0.6) is 0 Å². The highest BCUT2D eigenvalue weighted by Crippen LogP contribution is 2.41. The van der Waals surface area contributed by atoms with E-state index in [2.05, 4.69) is 29.0 Å². The summed E-state index contributed by atoms with van der Waals surface area (Å²) in [6.07, 6.45) is 10.4. The number of halogens is 2. The lowest BCUT2D eigenvalue weighted by Crippen LogP contribution is -2.31. The predicted molar refractivity (Wildman–Crippen MR) is 126 cm³/mol. The standard InChI is InChI=1S/C26H34F2N4/c1-3-25(2,17-29)20-13-19(22-10-12-30-24-23(22)16-31-32-24)14-21(15-20)26(27,28)11-9-18-7-5-4-6-8-18/h10,12-16,18H,3-9,11,17,29H2,1-2H3,(H,30,31,32). The molecule has 1 unspecified atom stereocenters. The third-order valence-corrected chi connectivity index (χ3v) is 7.54. The van der Waals surface area contributed by atoms with Crippen LogP contribution in [0, 0.1) is 5.92 Å². The second-order valence-electron chi connectivity index (χ2n) is 9.66. The summed E-state index contributed by atoms with van der Waals surface area (Å²) in [6, 6.07) is 7.22. The van der Waals surface area contributed by atoms with Crippen molar-refractivity contribution in [2.24, 2.45) is 11.7 Å². The Hall–Kier alpha value is -2.34. The van der Waals surface area contributed by atoms with Crippen LogP contribution < -0.4 is 5.73 Å². The topological polar surface area (TPSA) is 67.6 Å². The van der Waals surface area contributed by atoms with Crippen LogP contribution in [0.4, 0.5) is 8.78 Å². The van der Waals surface area contributed by atoms with E-state index in [0.29, 0.717) is 24.5 Å². The first-order valence-electron chi connectivity index (χ1n) is 11.9. The van der Waals surface area contributed by atoms with Gasteiger partial charge in [0, 0.05) is 35.5 Å². The number of benzene rings is 1. The third kappa shape index (κ3) is 4.56. The van der Waals surface area contributed by atoms with Crippen LogP contribution in [-0.4, -0.2) is 21.7 Å². The first-order chi connectivity index (χ1) is 15.4. The molecule has 0 amide bonds. The first-order valence-corrected chi connectivity index (χ1v) is 11.9. The minimum Gasteiger partial charge on any atom is -0.330 e. The van der Waals surface area contributed by atoms with Gasteiger partial charge in [0.15, 0.2) is 5.65 Å². The lowest BCUT2D eigenvalue weighted by atomic mass is 9.77. The monoisotopic (exact) mass is 440 g/mol. The van der Waals surface area contributed by atoms with Gasteiger partial charge in [-0.2, -0.15) is 5.10 Å². The second kappa shape index (κ2) is 9.26. The minimum atomic E-state index is -2.88. The van der Waals surface area contributed by atoms with Crippen molar-refractivity contribution in [1.29, 1.82) is 0 Å². The van der Waals surface area contributed by atoms with Crippen molar-refractivity contribution in [3.8, 4) is 11.1 Å². The summed E-state index contributed by atoms with van der Waals surface area (Å²) in [6.45, 7) is 4.51. The Morgan fingerprint density at radius 2 is 1.88 bits per heavy atom. The summed E-state index contributed by atoms with van der Waals surface area (Å²) in [5.74, 6) is -2.46. The molecule has 0 radical (unpaired) electrons. The molecule has 1 atom stereocenters. The van der Waals surface area contributed by atoms with Gasteiger partial charge in [-0.25, -0.2) is 13.8 Å². The van der Waals surface area contributed by atoms with E-state index in [9.17, 15) is 0 Å². The smallest absolute Gasteiger partial charge is 0.273 e. The molecule has 0 bridgehead atoms. The number of nitrogens with two attached hydrogens (primary N) is 1. The molecule has 172 valence electrons. The Bertz CT molecular complexity index is 1050. The molecule has 1 fully saturated rings. The molecule has 2 heterocycles. The zero-order valence-corrected chi connectivity index (χ0v) is 19.1. The summed E-state index contributed by atoms with van der Waals surface area (Å²) in [5, 5.41) is 7.78. The van der Waals surface area contributed by atoms with Crippen molar-refractivity contribution in [3.63, 3.8) is 0 Å². The number of pyridine rings is 1. The fourth-order valence-corrected chi connectivity index (χ4v) is 4.92. The van der Waals surface area contributed by atoms with Crippen molar-refractivity contribution in [2.75, 3.05) is 6.54 Å². The minimum absolute atomic E-state index is 0.0855. The number of hydrogen-bond acceptors (Lipinski definition) is 3. The Kier molecular flexibility index (Phi) is 6.61. The molecule has 2 aromatic heterocycles. The van der Waals surface area contributed by atoms with Gasteiger partial charge in [-0.3, -0.25) is 5.10 Å². The first kappa shape index (κ1) is 22.8. The highest BCUT2D eigenvalue weighted by Gasteiger charge is 2.35. The molecule has 0 spiro atoms. The van der Waals surface area contributed by atoms with Crippen LogP contribution in [0.15, 0.2) is 36.7 Å². The van der Waals surface area contributed by atoms with Gasteiger partial charge in [0.1, 0.15) is 0 Å². The number of nitrogens with one attached hydrogen (secondary N) is 1. The van der Waals surface area contributed by atoms with Crippen molar-refractivity contribution < 1.29 is 8.78 Å². The lowest BCUT2D eigenvalue weighted by Gasteiger charge is -2.30. The molecule has 3 aromatic rings. The Balaban J connectivity index is 1.76. The van der Waals surface area contributed by atoms with Crippen LogP contribution >= 0.6 is 0 Å². The van der Waals surface area contributed by atoms with E-state index in [1.165, 1.54) is 19.3 Å². The van der Waals surface area contributed by atoms with Crippen LogP contribution in [0.3, 0.4) is 0 Å². The van der Waals surface area contributed by atoms with Gasteiger partial charge in [0.2, 0.25) is 0 Å². The third-order valence-electron chi connectivity index (χ3n) is 7.54. The molecule has 0 saturated heterocycles. The van der Waals surface area contributed by atoms with Gasteiger partial charge >= 0.3 is 0 Å². The van der Waals surface area contributed by atoms with E-state index < -0.39 is 5.92 Å². The predicted octanol–water partition coefficient (Wildman–Crippen LogP) is 6.70. The summed E-state index contributed by atoms with van der Waals surface area (Å²) in [4.78, 5) is 4.30. The molecule has 1 saturated carbocycles. The van der Waals surface area contributed by atoms with Gasteiger partial charge in [-0.05, 0) is 53.6 Å². The number of aromatic nitrogens is 3. The van der Waals surface area contributed by atoms with Gasteiger partial charge < -0.3 is 5.73 Å². The van der Waals surface area contributed by atoms with Gasteiger partial charge in [0.05, 0.1) is 6.20 Å². The van der Waals surface area contributed by atoms with Gasteiger partial charge in [-0.1, -0.05) is 52.0 Å². The number of nitrogens with zero attached hydrogens (tertiary/aromatic N) is 2. The van der Waals surface area contributed by atoms with Crippen LogP contribution in [0.2, 0.25) is 0 Å². The highest BCUT2D eigenvalue weighted by molar-refractivity contribution is 5.92. The molecule has 32 heavy (non-hydrogen) atoms. The van der Waals surface area contributed by atoms with Gasteiger partial charge in [0.25, 0.3) is 5.92 Å². The summed E-state index contributed by atoms with van der Waals surface area (Å²) < 4.78 is 31.1. The fourth-order valence-electron chi connectivity index (χ4n) is 4.92. The number of alkyl halides is 2. The Labute approximate surface area is 189 Å². The van der Waals surface area contributed by atoms with E-state index in [1.807, 2.05) is 12.1 Å². The largest absolute Gasteiger partial charge is 0.330 e. The molecule has 0 aliphatic heterocycles. The summed E-state index contributed by atoms with van der Waals surface area (Å²) in [5.41, 5.74) is 8.96. The zero-order valence-electron chi connectivity index (χ0n) is 19.1. The number of rotatable bonds is 8. The van der Waals surface area contributed by atoms with E-state index in [0.717, 1.165) is 41.3 Å². The SMILES string of the molecule is CCC(C)(CN)c1cc(-c2ccnc3[nH]ncc23)cc(C(F)(F)CCC2CCCCC2)c1. The second-order valence-corrected chi connectivity index (χ2v) is 9.66. The maximum Gasteiger partial charge on any atom is 0.273 e. The quantitative estimate of drug-likeness (QED) is 0.409. The summed E-state index contributed by atoms with van der Waals surface area (Å²) in [7, 11) is 0. The molecular weight excluding hydrogens is 406 g/mol. The van der Waals surface area contributed by atoms with E-state index >= 15 is 8.78 Å². The van der Waals surface area contributed by atoms with Crippen molar-refractivity contribution in [1.82, 2.24) is 15.2 Å². The molecule has 1 aliphatic rings. The normalized spacial score (nSPS) is 17.5. The van der Waals surface area contributed by atoms with Crippen LogP contribution in [0.25, 0.3) is 22.2 Å². The zero-order chi connectivity index (χ0) is 22.8. The fraction of sp³-hybridized carbons (Fsp3) is 0.538. The molecule has 6 heteroatoms. The Morgan fingerprint density at radius 3 is 2.59 bits per heavy atom. The van der Waals surface area contributed by atoms with Gasteiger partial charge in [-0.15, -0.1) is 0 Å². The number of hydrogen-bond donors (Lipinski definition) is 2. The number of H-pyrrole nitrogens is 1. The molecule has 1 aliphatic carbocycles. The summed E-state index contributed by atoms with van der Waals surface area (Å²) >= 11 is 0. The van der Waals surface area contributed by atoms with E-state index in [1.54, 1.807) is 24.5 Å². The van der Waals surface area contributed by atoms with Crippen molar-refractivity contribution in [3.05, 3.63) is 47.8 Å². The average Bonchev–Trinajstić information content (AvgIpc) is 3.32. The van der Waals surface area contributed by atoms with Crippen molar-refractivity contribution in [2.45, 2.75) is 76.6 Å². The molecule has 4 rings (SSSR count). The molecule has 3 N–H and O–H groups in total. The molecule has 1 aromatic carbocycles. The average molecular weight is 441 g/mol. The maximum absolute atomic E-state index is 15.6. The molecular formula is C26H34F2N4. The van der Waals surface area contributed by atoms with Crippen LogP contribution in [-0.2, 0) is 11.3 Å². The highest BCUT2D eigenvalue weighted by atomic mass is 19.3. The van der Waals surface area contributed by atoms with Crippen molar-refractivity contribution >= 4 is 11.0 Å². The maximum atomic E-state index is 15.6. The van der Waals surface area contributed by atoms with E-state index in [4.69, 9.17) is 5.73 Å².